The van der Waals surface area contributed by atoms with E-state index in [1.54, 1.807) is 17.9 Å². The molecule has 6 nitrogen and oxygen atoms in total. The van der Waals surface area contributed by atoms with Crippen molar-refractivity contribution >= 4 is 30.6 Å². The van der Waals surface area contributed by atoms with Gasteiger partial charge in [0.15, 0.2) is 10.8 Å². The van der Waals surface area contributed by atoms with Crippen molar-refractivity contribution in [2.24, 2.45) is 4.99 Å². The number of esters is 1. The van der Waals surface area contributed by atoms with Crippen LogP contribution in [0.15, 0.2) is 27.8 Å². The molecule has 10 heteroatoms. The second kappa shape index (κ2) is 6.98. The molecule has 2 aliphatic rings. The molecule has 0 bridgehead atoms. The van der Waals surface area contributed by atoms with E-state index >= 15 is 0 Å². The van der Waals surface area contributed by atoms with Crippen molar-refractivity contribution in [1.29, 1.82) is 0 Å². The fraction of sp³-hybridized carbons (Fsp3) is 0.500. The van der Waals surface area contributed by atoms with Gasteiger partial charge in [0.1, 0.15) is 0 Å². The summed E-state index contributed by atoms with van der Waals surface area (Å²) in [5.74, 6) is -2.59. The molecule has 128 valence electrons. The van der Waals surface area contributed by atoms with Crippen molar-refractivity contribution in [2.75, 3.05) is 26.2 Å². The molecule has 0 aliphatic carbocycles. The summed E-state index contributed by atoms with van der Waals surface area (Å²) in [6.45, 7) is 2.05. The maximum Gasteiger partial charge on any atom is 0.337 e. The molecule has 24 heavy (non-hydrogen) atoms. The van der Waals surface area contributed by atoms with Gasteiger partial charge in [-0.3, -0.25) is 4.99 Å². The van der Waals surface area contributed by atoms with E-state index in [0.29, 0.717) is 22.1 Å². The van der Waals surface area contributed by atoms with Crippen LogP contribution in [-0.4, -0.2) is 61.2 Å². The number of carbonyl (C=O) groups is 1. The quantitative estimate of drug-likeness (QED) is 0.632. The number of amidine groups is 1. The van der Waals surface area contributed by atoms with E-state index < -0.39 is 11.9 Å². The molecular formula is C14H17BF2N4O2S. The molecule has 0 unspecified atom stereocenters. The van der Waals surface area contributed by atoms with Gasteiger partial charge in [-0.1, -0.05) is 0 Å². The van der Waals surface area contributed by atoms with Crippen molar-refractivity contribution in [3.8, 4) is 0 Å². The van der Waals surface area contributed by atoms with E-state index in [9.17, 15) is 13.6 Å². The van der Waals surface area contributed by atoms with E-state index in [2.05, 4.69) is 15.3 Å². The Bertz CT molecular complexity index is 678. The van der Waals surface area contributed by atoms with Crippen molar-refractivity contribution in [3.63, 3.8) is 0 Å². The molecule has 0 radical (unpaired) electrons. The Labute approximate surface area is 142 Å². The smallest absolute Gasteiger partial charge is 0.337 e. The maximum atomic E-state index is 13.4. The SMILES string of the molecule is CCOC(=O)C1=C(CN2BCC(F)(F)C2)NC(c2nccs2)=NC1. The van der Waals surface area contributed by atoms with E-state index in [1.807, 2.05) is 5.38 Å². The van der Waals surface area contributed by atoms with Gasteiger partial charge in [0.05, 0.1) is 25.3 Å². The van der Waals surface area contributed by atoms with Crippen LogP contribution >= 0.6 is 11.3 Å². The Balaban J connectivity index is 1.79. The van der Waals surface area contributed by atoms with E-state index in [0.717, 1.165) is 0 Å². The number of thiazole rings is 1. The average Bonchev–Trinajstić information content (AvgIpc) is 3.17. The molecule has 1 aromatic rings. The number of ether oxygens (including phenoxy) is 1. The van der Waals surface area contributed by atoms with Crippen LogP contribution in [0.5, 0.6) is 0 Å². The van der Waals surface area contributed by atoms with Gasteiger partial charge < -0.3 is 14.9 Å². The number of aromatic nitrogens is 1. The number of hydrogen-bond acceptors (Lipinski definition) is 7. The minimum absolute atomic E-state index is 0.153. The average molecular weight is 354 g/mol. The predicted octanol–water partition coefficient (Wildman–Crippen LogP) is 1.03. The molecule has 1 saturated heterocycles. The van der Waals surface area contributed by atoms with E-state index in [4.69, 9.17) is 4.74 Å². The number of halogens is 2. The molecule has 0 spiro atoms. The molecule has 3 heterocycles. The lowest BCUT2D eigenvalue weighted by Crippen LogP contribution is -2.39. The predicted molar refractivity (Wildman–Crippen MR) is 88.8 cm³/mol. The zero-order chi connectivity index (χ0) is 17.2. The summed E-state index contributed by atoms with van der Waals surface area (Å²) in [5.41, 5.74) is 0.943. The number of nitrogens with zero attached hydrogens (tertiary/aromatic N) is 3. The second-order valence-corrected chi connectivity index (χ2v) is 6.52. The van der Waals surface area contributed by atoms with Gasteiger partial charge in [-0.15, -0.1) is 11.3 Å². The second-order valence-electron chi connectivity index (χ2n) is 5.62. The van der Waals surface area contributed by atoms with Gasteiger partial charge in [0.2, 0.25) is 7.41 Å². The molecule has 0 amide bonds. The summed E-state index contributed by atoms with van der Waals surface area (Å²) in [7, 11) is 0.290. The maximum absolute atomic E-state index is 13.4. The van der Waals surface area contributed by atoms with Gasteiger partial charge in [-0.25, -0.2) is 18.6 Å². The highest BCUT2D eigenvalue weighted by molar-refractivity contribution is 7.11. The Morgan fingerprint density at radius 2 is 2.42 bits per heavy atom. The lowest BCUT2D eigenvalue weighted by Gasteiger charge is -2.24. The fourth-order valence-electron chi connectivity index (χ4n) is 2.68. The Morgan fingerprint density at radius 1 is 1.58 bits per heavy atom. The van der Waals surface area contributed by atoms with Crippen LogP contribution in [0.25, 0.3) is 0 Å². The van der Waals surface area contributed by atoms with Crippen molar-refractivity contribution in [1.82, 2.24) is 15.1 Å². The minimum Gasteiger partial charge on any atom is -0.463 e. The van der Waals surface area contributed by atoms with Crippen LogP contribution in [-0.2, 0) is 9.53 Å². The zero-order valence-corrected chi connectivity index (χ0v) is 14.0. The number of alkyl halides is 2. The first kappa shape index (κ1) is 17.0. The molecule has 1 aromatic heterocycles. The zero-order valence-electron chi connectivity index (χ0n) is 13.2. The fourth-order valence-corrected chi connectivity index (χ4v) is 3.28. The Morgan fingerprint density at radius 3 is 3.04 bits per heavy atom. The van der Waals surface area contributed by atoms with Crippen molar-refractivity contribution in [3.05, 3.63) is 27.9 Å². The molecule has 3 rings (SSSR count). The van der Waals surface area contributed by atoms with Gasteiger partial charge >= 0.3 is 5.97 Å². The van der Waals surface area contributed by atoms with Crippen molar-refractivity contribution in [2.45, 2.75) is 19.2 Å². The topological polar surface area (TPSA) is 66.8 Å². The summed E-state index contributed by atoms with van der Waals surface area (Å²) in [6, 6.07) is 0. The van der Waals surface area contributed by atoms with Crippen LogP contribution in [0, 0.1) is 0 Å². The number of carbonyl (C=O) groups excluding carboxylic acids is 1. The summed E-state index contributed by atoms with van der Waals surface area (Å²) in [6.07, 6.45) is 1.50. The molecule has 1 N–H and O–H groups in total. The largest absolute Gasteiger partial charge is 0.463 e. The molecule has 0 atom stereocenters. The summed E-state index contributed by atoms with van der Waals surface area (Å²) < 4.78 is 31.9. The van der Waals surface area contributed by atoms with Crippen LogP contribution in [0.1, 0.15) is 11.9 Å². The Kier molecular flexibility index (Phi) is 4.95. The van der Waals surface area contributed by atoms with Gasteiger partial charge in [-0.05, 0) is 6.92 Å². The Hall–Kier alpha value is -1.81. The number of hydrogen-bond donors (Lipinski definition) is 1. The number of rotatable bonds is 5. The first-order chi connectivity index (χ1) is 11.5. The lowest BCUT2D eigenvalue weighted by atomic mass is 9.89. The van der Waals surface area contributed by atoms with Crippen LogP contribution in [0.3, 0.4) is 0 Å². The summed E-state index contributed by atoms with van der Waals surface area (Å²) in [5, 5.41) is 5.61. The summed E-state index contributed by atoms with van der Waals surface area (Å²) in [4.78, 5) is 22.3. The van der Waals surface area contributed by atoms with Crippen LogP contribution < -0.4 is 5.32 Å². The monoisotopic (exact) mass is 354 g/mol. The van der Waals surface area contributed by atoms with Crippen LogP contribution in [0.2, 0.25) is 6.32 Å². The highest BCUT2D eigenvalue weighted by Crippen LogP contribution is 2.27. The molecular weight excluding hydrogens is 337 g/mol. The molecule has 1 fully saturated rings. The molecule has 0 saturated carbocycles. The van der Waals surface area contributed by atoms with E-state index in [-0.39, 0.29) is 40.0 Å². The third-order valence-corrected chi connectivity index (χ3v) is 4.60. The number of nitrogens with one attached hydrogen (secondary N) is 1. The van der Waals surface area contributed by atoms with Gasteiger partial charge in [0.25, 0.3) is 5.92 Å². The number of aliphatic imine (C=N–C) groups is 1. The van der Waals surface area contributed by atoms with Crippen molar-refractivity contribution < 1.29 is 18.3 Å². The first-order valence-corrected chi connectivity index (χ1v) is 8.57. The lowest BCUT2D eigenvalue weighted by molar-refractivity contribution is -0.138. The minimum atomic E-state index is -2.68. The third kappa shape index (κ3) is 3.81. The van der Waals surface area contributed by atoms with Gasteiger partial charge in [-0.2, -0.15) is 0 Å². The normalized spacial score (nSPS) is 20.4. The molecule has 2 aliphatic heterocycles. The highest BCUT2D eigenvalue weighted by Gasteiger charge is 2.39. The summed E-state index contributed by atoms with van der Waals surface area (Å²) >= 11 is 1.42. The highest BCUT2D eigenvalue weighted by atomic mass is 32.1. The first-order valence-electron chi connectivity index (χ1n) is 7.69. The van der Waals surface area contributed by atoms with E-state index in [1.165, 1.54) is 11.3 Å². The standard InChI is InChI=1S/C14H17BF2N4O2S/c1-2-23-13(22)9-5-19-11(12-18-3-4-24-12)20-10(9)6-21-8-14(16,17)7-15-21/h3-4,15H,2,5-8H2,1H3,(H,19,20). The third-order valence-electron chi connectivity index (χ3n) is 3.82. The molecule has 0 aromatic carbocycles. The van der Waals surface area contributed by atoms with Crippen LogP contribution in [0.4, 0.5) is 8.78 Å². The van der Waals surface area contributed by atoms with Gasteiger partial charge in [0, 0.05) is 30.1 Å².